The second-order valence-corrected chi connectivity index (χ2v) is 6.78. The van der Waals surface area contributed by atoms with E-state index in [0.717, 1.165) is 16.8 Å². The van der Waals surface area contributed by atoms with Gasteiger partial charge in [-0.05, 0) is 44.5 Å². The van der Waals surface area contributed by atoms with Crippen molar-refractivity contribution >= 4 is 17.5 Å². The Labute approximate surface area is 154 Å². The van der Waals surface area contributed by atoms with E-state index in [9.17, 15) is 9.59 Å². The summed E-state index contributed by atoms with van der Waals surface area (Å²) in [6.45, 7) is 6.43. The maximum absolute atomic E-state index is 13.1. The van der Waals surface area contributed by atoms with Gasteiger partial charge in [-0.3, -0.25) is 9.59 Å². The number of piperazine rings is 1. The third kappa shape index (κ3) is 3.29. The van der Waals surface area contributed by atoms with E-state index in [2.05, 4.69) is 0 Å². The lowest BCUT2D eigenvalue weighted by Gasteiger charge is -2.40. The third-order valence-electron chi connectivity index (χ3n) is 4.84. The van der Waals surface area contributed by atoms with Crippen molar-refractivity contribution in [3.8, 4) is 5.75 Å². The van der Waals surface area contributed by atoms with Crippen molar-refractivity contribution in [3.05, 3.63) is 59.2 Å². The van der Waals surface area contributed by atoms with Crippen molar-refractivity contribution < 1.29 is 14.3 Å². The number of nitrogens with zero attached hydrogens (tertiary/aromatic N) is 2. The van der Waals surface area contributed by atoms with Crippen LogP contribution in [0.15, 0.2) is 42.5 Å². The molecule has 2 aromatic carbocycles. The average Bonchev–Trinajstić information content (AvgIpc) is 2.63. The fourth-order valence-electron chi connectivity index (χ4n) is 3.37. The van der Waals surface area contributed by atoms with E-state index >= 15 is 0 Å². The molecule has 1 atom stereocenters. The number of amides is 2. The van der Waals surface area contributed by atoms with Gasteiger partial charge >= 0.3 is 0 Å². The standard InChI is InChI=1S/C21H24N2O3/c1-14-9-10-19(26-4)17(11-14)21(25)22-13-20(24)23(12-16(22)3)18-8-6-5-7-15(18)2/h5-11,16H,12-13H2,1-4H3/t16-/m0/s1. The molecule has 0 aromatic heterocycles. The first-order valence-electron chi connectivity index (χ1n) is 8.74. The van der Waals surface area contributed by atoms with Crippen LogP contribution >= 0.6 is 0 Å². The summed E-state index contributed by atoms with van der Waals surface area (Å²) in [4.78, 5) is 29.2. The van der Waals surface area contributed by atoms with Gasteiger partial charge in [-0.15, -0.1) is 0 Å². The quantitative estimate of drug-likeness (QED) is 0.852. The van der Waals surface area contributed by atoms with Crippen LogP contribution in [0.2, 0.25) is 0 Å². The second kappa shape index (κ2) is 7.20. The Bertz CT molecular complexity index is 847. The number of hydrogen-bond donors (Lipinski definition) is 0. The van der Waals surface area contributed by atoms with E-state index < -0.39 is 0 Å². The fraction of sp³-hybridized carbons (Fsp3) is 0.333. The van der Waals surface area contributed by atoms with E-state index in [0.29, 0.717) is 17.9 Å². The van der Waals surface area contributed by atoms with Gasteiger partial charge in [0.2, 0.25) is 5.91 Å². The van der Waals surface area contributed by atoms with Crippen LogP contribution in [-0.2, 0) is 4.79 Å². The lowest BCUT2D eigenvalue weighted by Crippen LogP contribution is -2.57. The van der Waals surface area contributed by atoms with Gasteiger partial charge in [0.1, 0.15) is 12.3 Å². The molecule has 1 aliphatic heterocycles. The summed E-state index contributed by atoms with van der Waals surface area (Å²) >= 11 is 0. The van der Waals surface area contributed by atoms with Gasteiger partial charge < -0.3 is 14.5 Å². The Kier molecular flexibility index (Phi) is 4.98. The molecule has 0 unspecified atom stereocenters. The van der Waals surface area contributed by atoms with Crippen LogP contribution in [0.1, 0.15) is 28.4 Å². The molecule has 26 heavy (non-hydrogen) atoms. The number of aryl methyl sites for hydroxylation is 2. The highest BCUT2D eigenvalue weighted by Crippen LogP contribution is 2.27. The van der Waals surface area contributed by atoms with Gasteiger partial charge in [-0.25, -0.2) is 0 Å². The van der Waals surface area contributed by atoms with E-state index in [-0.39, 0.29) is 24.4 Å². The number of rotatable bonds is 3. The molecule has 0 radical (unpaired) electrons. The first-order valence-corrected chi connectivity index (χ1v) is 8.74. The number of ether oxygens (including phenoxy) is 1. The van der Waals surface area contributed by atoms with E-state index in [1.165, 1.54) is 0 Å². The SMILES string of the molecule is COc1ccc(C)cc1C(=O)N1CC(=O)N(c2ccccc2C)C[C@@H]1C. The van der Waals surface area contributed by atoms with Gasteiger partial charge in [0, 0.05) is 18.3 Å². The zero-order valence-corrected chi connectivity index (χ0v) is 15.7. The number of hydrogen-bond acceptors (Lipinski definition) is 3. The van der Waals surface area contributed by atoms with Crippen molar-refractivity contribution in [1.29, 1.82) is 0 Å². The van der Waals surface area contributed by atoms with Gasteiger partial charge in [0.05, 0.1) is 12.7 Å². The third-order valence-corrected chi connectivity index (χ3v) is 4.84. The molecule has 2 amide bonds. The lowest BCUT2D eigenvalue weighted by atomic mass is 10.1. The topological polar surface area (TPSA) is 49.9 Å². The van der Waals surface area contributed by atoms with E-state index in [1.807, 2.05) is 57.2 Å². The molecule has 5 heteroatoms. The van der Waals surface area contributed by atoms with Gasteiger partial charge in [-0.2, -0.15) is 0 Å². The van der Waals surface area contributed by atoms with E-state index in [1.54, 1.807) is 23.0 Å². The van der Waals surface area contributed by atoms with Crippen molar-refractivity contribution in [2.24, 2.45) is 0 Å². The van der Waals surface area contributed by atoms with Crippen LogP contribution in [0.4, 0.5) is 5.69 Å². The Morgan fingerprint density at radius 2 is 1.88 bits per heavy atom. The highest BCUT2D eigenvalue weighted by molar-refractivity contribution is 6.03. The molecule has 1 heterocycles. The first-order chi connectivity index (χ1) is 12.4. The predicted octanol–water partition coefficient (Wildman–Crippen LogP) is 3.19. The molecule has 0 aliphatic carbocycles. The Morgan fingerprint density at radius 3 is 2.58 bits per heavy atom. The average molecular weight is 352 g/mol. The number of benzene rings is 2. The molecule has 0 bridgehead atoms. The molecule has 0 spiro atoms. The Hall–Kier alpha value is -2.82. The molecule has 0 saturated carbocycles. The monoisotopic (exact) mass is 352 g/mol. The highest BCUT2D eigenvalue weighted by Gasteiger charge is 2.35. The maximum Gasteiger partial charge on any atom is 0.258 e. The summed E-state index contributed by atoms with van der Waals surface area (Å²) in [5.74, 6) is 0.287. The number of carbonyl (C=O) groups is 2. The summed E-state index contributed by atoms with van der Waals surface area (Å²) in [5.41, 5.74) is 3.43. The number of anilines is 1. The highest BCUT2D eigenvalue weighted by atomic mass is 16.5. The Balaban J connectivity index is 1.86. The number of para-hydroxylation sites is 1. The van der Waals surface area contributed by atoms with Crippen molar-refractivity contribution in [3.63, 3.8) is 0 Å². The Morgan fingerprint density at radius 1 is 1.15 bits per heavy atom. The molecule has 1 fully saturated rings. The van der Waals surface area contributed by atoms with Crippen molar-refractivity contribution in [2.45, 2.75) is 26.8 Å². The van der Waals surface area contributed by atoms with Crippen LogP contribution < -0.4 is 9.64 Å². The first kappa shape index (κ1) is 18.0. The predicted molar refractivity (Wildman–Crippen MR) is 102 cm³/mol. The molecule has 1 saturated heterocycles. The summed E-state index contributed by atoms with van der Waals surface area (Å²) in [6, 6.07) is 13.2. The van der Waals surface area contributed by atoms with Crippen LogP contribution in [0, 0.1) is 13.8 Å². The molecular formula is C21H24N2O3. The van der Waals surface area contributed by atoms with Crippen LogP contribution in [0.25, 0.3) is 0 Å². The van der Waals surface area contributed by atoms with Gasteiger partial charge in [0.15, 0.2) is 0 Å². The molecule has 1 aliphatic rings. The van der Waals surface area contributed by atoms with Gasteiger partial charge in [-0.1, -0.05) is 29.8 Å². The molecule has 5 nitrogen and oxygen atoms in total. The van der Waals surface area contributed by atoms with Crippen molar-refractivity contribution in [2.75, 3.05) is 25.1 Å². The largest absolute Gasteiger partial charge is 0.496 e. The van der Waals surface area contributed by atoms with Crippen LogP contribution in [0.3, 0.4) is 0 Å². The zero-order valence-electron chi connectivity index (χ0n) is 15.7. The number of methoxy groups -OCH3 is 1. The fourth-order valence-corrected chi connectivity index (χ4v) is 3.37. The minimum atomic E-state index is -0.171. The number of carbonyl (C=O) groups excluding carboxylic acids is 2. The smallest absolute Gasteiger partial charge is 0.258 e. The summed E-state index contributed by atoms with van der Waals surface area (Å²) < 4.78 is 5.34. The zero-order chi connectivity index (χ0) is 18.8. The summed E-state index contributed by atoms with van der Waals surface area (Å²) in [5, 5.41) is 0. The minimum Gasteiger partial charge on any atom is -0.496 e. The van der Waals surface area contributed by atoms with Gasteiger partial charge in [0.25, 0.3) is 5.91 Å². The van der Waals surface area contributed by atoms with Crippen LogP contribution in [-0.4, -0.2) is 43.0 Å². The summed E-state index contributed by atoms with van der Waals surface area (Å²) in [6.07, 6.45) is 0. The van der Waals surface area contributed by atoms with E-state index in [4.69, 9.17) is 4.74 Å². The second-order valence-electron chi connectivity index (χ2n) is 6.78. The molecular weight excluding hydrogens is 328 g/mol. The van der Waals surface area contributed by atoms with Crippen LogP contribution in [0.5, 0.6) is 5.75 Å². The molecule has 0 N–H and O–H groups in total. The molecule has 2 aromatic rings. The molecule has 3 rings (SSSR count). The minimum absolute atomic E-state index is 0.0609. The summed E-state index contributed by atoms with van der Waals surface area (Å²) in [7, 11) is 1.55. The lowest BCUT2D eigenvalue weighted by molar-refractivity contribution is -0.121. The maximum atomic E-state index is 13.1. The molecule has 136 valence electrons. The normalized spacial score (nSPS) is 17.4. The van der Waals surface area contributed by atoms with Crippen molar-refractivity contribution in [1.82, 2.24) is 4.90 Å².